The zero-order chi connectivity index (χ0) is 14.9. The summed E-state index contributed by atoms with van der Waals surface area (Å²) < 4.78 is 2.16. The van der Waals surface area contributed by atoms with Gasteiger partial charge in [-0.1, -0.05) is 23.9 Å². The van der Waals surface area contributed by atoms with Crippen LogP contribution < -0.4 is 5.32 Å². The summed E-state index contributed by atoms with van der Waals surface area (Å²) in [7, 11) is 0. The van der Waals surface area contributed by atoms with Crippen molar-refractivity contribution in [2.24, 2.45) is 0 Å². The minimum atomic E-state index is 0.131. The topological polar surface area (TPSA) is 45.2 Å². The molecule has 0 spiro atoms. The fourth-order valence-corrected chi connectivity index (χ4v) is 4.87. The smallest absolute Gasteiger partial charge is 0.230 e. The molecule has 1 aliphatic carbocycles. The first-order chi connectivity index (χ1) is 10.8. The molecule has 22 heavy (non-hydrogen) atoms. The van der Waals surface area contributed by atoms with Crippen molar-refractivity contribution in [3.8, 4) is 0 Å². The molecule has 2 heterocycles. The summed E-state index contributed by atoms with van der Waals surface area (Å²) in [4.78, 5) is 19.2. The largest absolute Gasteiger partial charge is 0.351 e. The Balaban J connectivity index is 1.27. The molecule has 2 fully saturated rings. The summed E-state index contributed by atoms with van der Waals surface area (Å²) in [6, 6.07) is 9.24. The van der Waals surface area contributed by atoms with Gasteiger partial charge in [0.1, 0.15) is 0 Å². The number of para-hydroxylation sites is 1. The minimum absolute atomic E-state index is 0.131. The number of carbonyl (C=O) groups is 1. The highest BCUT2D eigenvalue weighted by Gasteiger charge is 2.34. The van der Waals surface area contributed by atoms with E-state index in [-0.39, 0.29) is 5.91 Å². The van der Waals surface area contributed by atoms with Crippen molar-refractivity contribution in [3.05, 3.63) is 24.3 Å². The second-order valence-corrected chi connectivity index (χ2v) is 8.27. The SMILES string of the molecule is O=C(CSc1nc2ccccc2s1)N[C@@H]1CCN(C2CC2)C1. The van der Waals surface area contributed by atoms with Crippen LogP contribution in [0.15, 0.2) is 28.6 Å². The normalized spacial score (nSPS) is 22.3. The number of hydrogen-bond donors (Lipinski definition) is 1. The van der Waals surface area contributed by atoms with Crippen LogP contribution in [0.1, 0.15) is 19.3 Å². The Morgan fingerprint density at radius 3 is 3.05 bits per heavy atom. The molecule has 0 unspecified atom stereocenters. The highest BCUT2D eigenvalue weighted by molar-refractivity contribution is 8.01. The maximum atomic E-state index is 12.1. The number of thiazole rings is 1. The number of carbonyl (C=O) groups excluding carboxylic acids is 1. The lowest BCUT2D eigenvalue weighted by Gasteiger charge is -2.15. The van der Waals surface area contributed by atoms with Crippen molar-refractivity contribution >= 4 is 39.2 Å². The molecule has 1 aliphatic heterocycles. The zero-order valence-corrected chi connectivity index (χ0v) is 14.0. The lowest BCUT2D eigenvalue weighted by Crippen LogP contribution is -2.38. The number of thioether (sulfide) groups is 1. The van der Waals surface area contributed by atoms with Gasteiger partial charge in [-0.05, 0) is 31.4 Å². The fraction of sp³-hybridized carbons (Fsp3) is 0.500. The van der Waals surface area contributed by atoms with Gasteiger partial charge in [0.05, 0.1) is 16.0 Å². The molecule has 0 bridgehead atoms. The highest BCUT2D eigenvalue weighted by atomic mass is 32.2. The molecule has 2 aromatic rings. The number of rotatable bonds is 5. The van der Waals surface area contributed by atoms with Gasteiger partial charge in [-0.3, -0.25) is 9.69 Å². The number of amides is 1. The molecule has 4 rings (SSSR count). The molecular formula is C16H19N3OS2. The molecule has 1 saturated heterocycles. The Hall–Kier alpha value is -1.11. The first kappa shape index (κ1) is 14.5. The lowest BCUT2D eigenvalue weighted by molar-refractivity contribution is -0.119. The van der Waals surface area contributed by atoms with Crippen LogP contribution in [-0.2, 0) is 4.79 Å². The van der Waals surface area contributed by atoms with Crippen LogP contribution in [0.4, 0.5) is 0 Å². The number of fused-ring (bicyclic) bond motifs is 1. The zero-order valence-electron chi connectivity index (χ0n) is 12.3. The Bertz CT molecular complexity index is 650. The molecule has 2 aliphatic rings. The van der Waals surface area contributed by atoms with E-state index in [2.05, 4.69) is 21.3 Å². The Morgan fingerprint density at radius 2 is 2.23 bits per heavy atom. The Kier molecular flexibility index (Phi) is 4.07. The van der Waals surface area contributed by atoms with Crippen molar-refractivity contribution in [2.45, 2.75) is 35.7 Å². The summed E-state index contributed by atoms with van der Waals surface area (Å²) in [6.07, 6.45) is 3.77. The van der Waals surface area contributed by atoms with E-state index in [1.165, 1.54) is 29.3 Å². The van der Waals surface area contributed by atoms with Gasteiger partial charge in [0.15, 0.2) is 4.34 Å². The van der Waals surface area contributed by atoms with Crippen molar-refractivity contribution < 1.29 is 4.79 Å². The molecule has 1 aromatic heterocycles. The lowest BCUT2D eigenvalue weighted by atomic mass is 10.2. The molecule has 1 N–H and O–H groups in total. The van der Waals surface area contributed by atoms with Gasteiger partial charge in [-0.15, -0.1) is 11.3 Å². The second-order valence-electron chi connectivity index (χ2n) is 6.02. The molecule has 1 amide bonds. The van der Waals surface area contributed by atoms with Gasteiger partial charge in [0, 0.05) is 25.2 Å². The summed E-state index contributed by atoms with van der Waals surface area (Å²) in [5.41, 5.74) is 1.02. The fourth-order valence-electron chi connectivity index (χ4n) is 2.99. The third-order valence-electron chi connectivity index (χ3n) is 4.25. The van der Waals surface area contributed by atoms with Crippen LogP contribution in [0.25, 0.3) is 10.2 Å². The number of aromatic nitrogens is 1. The third-order valence-corrected chi connectivity index (χ3v) is 6.43. The van der Waals surface area contributed by atoms with E-state index >= 15 is 0 Å². The van der Waals surface area contributed by atoms with E-state index in [0.29, 0.717) is 11.8 Å². The Labute approximate surface area is 138 Å². The van der Waals surface area contributed by atoms with E-state index in [1.54, 1.807) is 11.3 Å². The molecule has 1 saturated carbocycles. The van der Waals surface area contributed by atoms with Crippen LogP contribution in [0.3, 0.4) is 0 Å². The van der Waals surface area contributed by atoms with Gasteiger partial charge in [0.2, 0.25) is 5.91 Å². The summed E-state index contributed by atoms with van der Waals surface area (Å²) >= 11 is 3.20. The molecule has 0 radical (unpaired) electrons. The van der Waals surface area contributed by atoms with Gasteiger partial charge < -0.3 is 5.32 Å². The van der Waals surface area contributed by atoms with Crippen molar-refractivity contribution in [2.75, 3.05) is 18.8 Å². The van der Waals surface area contributed by atoms with Gasteiger partial charge >= 0.3 is 0 Å². The quantitative estimate of drug-likeness (QED) is 0.855. The van der Waals surface area contributed by atoms with Gasteiger partial charge in [-0.25, -0.2) is 4.98 Å². The van der Waals surface area contributed by atoms with Crippen molar-refractivity contribution in [3.63, 3.8) is 0 Å². The van der Waals surface area contributed by atoms with Crippen LogP contribution in [0.5, 0.6) is 0 Å². The highest BCUT2D eigenvalue weighted by Crippen LogP contribution is 2.30. The van der Waals surface area contributed by atoms with Crippen LogP contribution >= 0.6 is 23.1 Å². The van der Waals surface area contributed by atoms with Gasteiger partial charge in [0.25, 0.3) is 0 Å². The summed E-state index contributed by atoms with van der Waals surface area (Å²) in [6.45, 7) is 2.17. The third kappa shape index (κ3) is 3.29. The molecule has 1 aromatic carbocycles. The number of benzene rings is 1. The van der Waals surface area contributed by atoms with Crippen LogP contribution in [0, 0.1) is 0 Å². The number of hydrogen-bond acceptors (Lipinski definition) is 5. The standard InChI is InChI=1S/C16H19N3OS2/c20-15(17-11-7-8-19(9-11)12-5-6-12)10-21-16-18-13-3-1-2-4-14(13)22-16/h1-4,11-12H,5-10H2,(H,17,20)/t11-/m1/s1. The number of nitrogens with zero attached hydrogens (tertiary/aromatic N) is 2. The maximum absolute atomic E-state index is 12.1. The first-order valence-electron chi connectivity index (χ1n) is 7.80. The maximum Gasteiger partial charge on any atom is 0.230 e. The van der Waals surface area contributed by atoms with Gasteiger partial charge in [-0.2, -0.15) is 0 Å². The number of likely N-dealkylation sites (tertiary alicyclic amines) is 1. The minimum Gasteiger partial charge on any atom is -0.351 e. The van der Waals surface area contributed by atoms with E-state index in [0.717, 1.165) is 35.4 Å². The molecule has 1 atom stereocenters. The number of nitrogens with one attached hydrogen (secondary N) is 1. The van der Waals surface area contributed by atoms with Crippen LogP contribution in [0.2, 0.25) is 0 Å². The van der Waals surface area contributed by atoms with Crippen molar-refractivity contribution in [1.29, 1.82) is 0 Å². The molecular weight excluding hydrogens is 314 g/mol. The summed E-state index contributed by atoms with van der Waals surface area (Å²) in [5.74, 6) is 0.589. The average Bonchev–Trinajstić information content (AvgIpc) is 3.12. The van der Waals surface area contributed by atoms with E-state index < -0.39 is 0 Å². The monoisotopic (exact) mass is 333 g/mol. The second kappa shape index (κ2) is 6.18. The van der Waals surface area contributed by atoms with E-state index in [1.807, 2.05) is 18.2 Å². The predicted octanol–water partition coefficient (Wildman–Crippen LogP) is 2.74. The predicted molar refractivity (Wildman–Crippen MR) is 91.5 cm³/mol. The molecule has 6 heteroatoms. The van der Waals surface area contributed by atoms with Crippen molar-refractivity contribution in [1.82, 2.24) is 15.2 Å². The first-order valence-corrected chi connectivity index (χ1v) is 9.60. The van der Waals surface area contributed by atoms with Crippen LogP contribution in [-0.4, -0.2) is 46.7 Å². The molecule has 116 valence electrons. The van der Waals surface area contributed by atoms with E-state index in [4.69, 9.17) is 0 Å². The average molecular weight is 333 g/mol. The molecule has 4 nitrogen and oxygen atoms in total. The Morgan fingerprint density at radius 1 is 1.36 bits per heavy atom. The summed E-state index contributed by atoms with van der Waals surface area (Å²) in [5, 5.41) is 3.17. The van der Waals surface area contributed by atoms with E-state index in [9.17, 15) is 4.79 Å².